The second-order valence-corrected chi connectivity index (χ2v) is 5.27. The Bertz CT molecular complexity index is 496. The molecule has 4 nitrogen and oxygen atoms in total. The molecule has 0 amide bonds. The fourth-order valence-corrected chi connectivity index (χ4v) is 2.76. The molecule has 0 N–H and O–H groups in total. The van der Waals surface area contributed by atoms with Crippen LogP contribution in [0.1, 0.15) is 31.2 Å². The van der Waals surface area contributed by atoms with Crippen molar-refractivity contribution in [1.29, 1.82) is 0 Å². The third-order valence-corrected chi connectivity index (χ3v) is 3.81. The molecule has 0 aromatic heterocycles. The predicted molar refractivity (Wildman–Crippen MR) is 77.8 cm³/mol. The Labute approximate surface area is 118 Å². The Balaban J connectivity index is 2.12. The first kappa shape index (κ1) is 14.4. The zero-order chi connectivity index (χ0) is 14.4. The van der Waals surface area contributed by atoms with Crippen LogP contribution in [0.5, 0.6) is 0 Å². The zero-order valence-electron chi connectivity index (χ0n) is 11.4. The van der Waals surface area contributed by atoms with Gasteiger partial charge < -0.3 is 0 Å². The van der Waals surface area contributed by atoms with Gasteiger partial charge in [0.15, 0.2) is 0 Å². The predicted octanol–water partition coefficient (Wildman–Crippen LogP) is 3.35. The molecule has 0 spiro atoms. The van der Waals surface area contributed by atoms with Crippen LogP contribution in [-0.2, 0) is 4.79 Å². The standard InChI is InChI=1S/C16H19NO3/c18-16-9-5-4-8-15(16)14(12-17(19)20)11-10-13-6-2-1-3-7-13/h1-3,6-7,10-11,14-15H,4-5,8-9,12H2/b11-10+/t14-,15-/m0/s1. The lowest BCUT2D eigenvalue weighted by atomic mass is 9.78. The molecule has 106 valence electrons. The molecule has 0 unspecified atom stereocenters. The number of hydrogen-bond acceptors (Lipinski definition) is 3. The number of hydrogen-bond donors (Lipinski definition) is 0. The minimum Gasteiger partial charge on any atom is -0.299 e. The molecule has 0 heterocycles. The van der Waals surface area contributed by atoms with Crippen LogP contribution in [-0.4, -0.2) is 17.3 Å². The van der Waals surface area contributed by atoms with E-state index >= 15 is 0 Å². The minimum absolute atomic E-state index is 0.167. The summed E-state index contributed by atoms with van der Waals surface area (Å²) in [5.74, 6) is -0.298. The van der Waals surface area contributed by atoms with E-state index < -0.39 is 0 Å². The van der Waals surface area contributed by atoms with Gasteiger partial charge in [0.2, 0.25) is 6.54 Å². The van der Waals surface area contributed by atoms with E-state index in [9.17, 15) is 14.9 Å². The van der Waals surface area contributed by atoms with Crippen molar-refractivity contribution in [3.05, 3.63) is 52.1 Å². The van der Waals surface area contributed by atoms with Crippen LogP contribution in [0.25, 0.3) is 6.08 Å². The summed E-state index contributed by atoms with van der Waals surface area (Å²) >= 11 is 0. The second-order valence-electron chi connectivity index (χ2n) is 5.27. The summed E-state index contributed by atoms with van der Waals surface area (Å²) in [6, 6.07) is 9.67. The number of ketones is 1. The van der Waals surface area contributed by atoms with Crippen molar-refractivity contribution in [2.75, 3.05) is 6.54 Å². The van der Waals surface area contributed by atoms with Gasteiger partial charge >= 0.3 is 0 Å². The normalized spacial score (nSPS) is 21.0. The molecular weight excluding hydrogens is 254 g/mol. The van der Waals surface area contributed by atoms with E-state index in [1.165, 1.54) is 0 Å². The number of carbonyl (C=O) groups excluding carboxylic acids is 1. The van der Waals surface area contributed by atoms with Gasteiger partial charge in [-0.1, -0.05) is 48.9 Å². The molecule has 4 heteroatoms. The van der Waals surface area contributed by atoms with Gasteiger partial charge in [-0.25, -0.2) is 0 Å². The highest BCUT2D eigenvalue weighted by Gasteiger charge is 2.31. The topological polar surface area (TPSA) is 60.2 Å². The van der Waals surface area contributed by atoms with Crippen LogP contribution in [0.4, 0.5) is 0 Å². The Morgan fingerprint density at radius 1 is 1.30 bits per heavy atom. The number of nitro groups is 1. The molecule has 1 aliphatic rings. The van der Waals surface area contributed by atoms with Gasteiger partial charge in [0.05, 0.1) is 5.92 Å². The number of benzene rings is 1. The van der Waals surface area contributed by atoms with E-state index in [-0.39, 0.29) is 29.1 Å². The molecule has 2 atom stereocenters. The lowest BCUT2D eigenvalue weighted by Gasteiger charge is -2.24. The van der Waals surface area contributed by atoms with Crippen LogP contribution in [0, 0.1) is 22.0 Å². The van der Waals surface area contributed by atoms with E-state index in [0.29, 0.717) is 6.42 Å². The maximum absolute atomic E-state index is 12.0. The summed E-state index contributed by atoms with van der Waals surface area (Å²) in [6.45, 7) is -0.167. The molecule has 0 bridgehead atoms. The number of carbonyl (C=O) groups is 1. The Hall–Kier alpha value is -1.97. The molecule has 2 rings (SSSR count). The fraction of sp³-hybridized carbons (Fsp3) is 0.438. The smallest absolute Gasteiger partial charge is 0.210 e. The first-order chi connectivity index (χ1) is 9.66. The van der Waals surface area contributed by atoms with Crippen molar-refractivity contribution >= 4 is 11.9 Å². The first-order valence-electron chi connectivity index (χ1n) is 7.04. The molecular formula is C16H19NO3. The van der Waals surface area contributed by atoms with Gasteiger partial charge in [-0.3, -0.25) is 14.9 Å². The van der Waals surface area contributed by atoms with Crippen LogP contribution in [0.2, 0.25) is 0 Å². The van der Waals surface area contributed by atoms with Gasteiger partial charge in [0, 0.05) is 17.3 Å². The van der Waals surface area contributed by atoms with E-state index in [1.54, 1.807) is 0 Å². The highest BCUT2D eigenvalue weighted by molar-refractivity contribution is 5.82. The van der Waals surface area contributed by atoms with Gasteiger partial charge in [-0.15, -0.1) is 0 Å². The van der Waals surface area contributed by atoms with Gasteiger partial charge in [-0.2, -0.15) is 0 Å². The lowest BCUT2D eigenvalue weighted by Crippen LogP contribution is -2.30. The molecule has 1 saturated carbocycles. The maximum Gasteiger partial charge on any atom is 0.210 e. The highest BCUT2D eigenvalue weighted by atomic mass is 16.6. The molecule has 20 heavy (non-hydrogen) atoms. The average molecular weight is 273 g/mol. The van der Waals surface area contributed by atoms with E-state index in [0.717, 1.165) is 24.8 Å². The van der Waals surface area contributed by atoms with Crippen molar-refractivity contribution in [3.8, 4) is 0 Å². The van der Waals surface area contributed by atoms with Gasteiger partial charge in [0.25, 0.3) is 0 Å². The van der Waals surface area contributed by atoms with Crippen molar-refractivity contribution < 1.29 is 9.72 Å². The average Bonchev–Trinajstić information content (AvgIpc) is 2.45. The first-order valence-corrected chi connectivity index (χ1v) is 7.04. The summed E-state index contributed by atoms with van der Waals surface area (Å²) in [7, 11) is 0. The summed E-state index contributed by atoms with van der Waals surface area (Å²) in [5, 5.41) is 10.8. The molecule has 1 aromatic carbocycles. The van der Waals surface area contributed by atoms with Crippen molar-refractivity contribution in [3.63, 3.8) is 0 Å². The fourth-order valence-electron chi connectivity index (χ4n) is 2.76. The van der Waals surface area contributed by atoms with Crippen LogP contribution in [0.15, 0.2) is 36.4 Å². The minimum atomic E-state index is -0.318. The second kappa shape index (κ2) is 6.98. The summed E-state index contributed by atoms with van der Waals surface area (Å²) in [4.78, 5) is 22.5. The number of nitrogens with zero attached hydrogens (tertiary/aromatic N) is 1. The molecule has 0 radical (unpaired) electrons. The lowest BCUT2D eigenvalue weighted by molar-refractivity contribution is -0.487. The van der Waals surface area contributed by atoms with Crippen molar-refractivity contribution in [2.45, 2.75) is 25.7 Å². The molecule has 1 fully saturated rings. The Kier molecular flexibility index (Phi) is 5.04. The molecule has 0 saturated heterocycles. The molecule has 0 aliphatic heterocycles. The third-order valence-electron chi connectivity index (χ3n) is 3.81. The van der Waals surface area contributed by atoms with Gasteiger partial charge in [-0.05, 0) is 18.4 Å². The Morgan fingerprint density at radius 3 is 2.70 bits per heavy atom. The van der Waals surface area contributed by atoms with Crippen LogP contribution >= 0.6 is 0 Å². The number of rotatable bonds is 5. The maximum atomic E-state index is 12.0. The van der Waals surface area contributed by atoms with E-state index in [1.807, 2.05) is 42.5 Å². The molecule has 1 aromatic rings. The Morgan fingerprint density at radius 2 is 2.05 bits per heavy atom. The molecule has 1 aliphatic carbocycles. The zero-order valence-corrected chi connectivity index (χ0v) is 11.4. The quantitative estimate of drug-likeness (QED) is 0.610. The summed E-state index contributed by atoms with van der Waals surface area (Å²) in [5.41, 5.74) is 1.00. The number of Topliss-reactive ketones (excluding diaryl/α,β-unsaturated/α-hetero) is 1. The van der Waals surface area contributed by atoms with Gasteiger partial charge in [0.1, 0.15) is 5.78 Å². The largest absolute Gasteiger partial charge is 0.299 e. The van der Waals surface area contributed by atoms with Crippen LogP contribution < -0.4 is 0 Å². The monoisotopic (exact) mass is 273 g/mol. The SMILES string of the molecule is O=C1CCCC[C@H]1[C@@H](/C=C/c1ccccc1)C[N+](=O)[O-]. The summed E-state index contributed by atoms with van der Waals surface area (Å²) < 4.78 is 0. The highest BCUT2D eigenvalue weighted by Crippen LogP contribution is 2.28. The van der Waals surface area contributed by atoms with Crippen molar-refractivity contribution in [1.82, 2.24) is 0 Å². The summed E-state index contributed by atoms with van der Waals surface area (Å²) in [6.07, 6.45) is 6.98. The van der Waals surface area contributed by atoms with E-state index in [2.05, 4.69) is 0 Å². The third kappa shape index (κ3) is 4.02. The van der Waals surface area contributed by atoms with E-state index in [4.69, 9.17) is 0 Å². The van der Waals surface area contributed by atoms with Crippen LogP contribution in [0.3, 0.4) is 0 Å². The van der Waals surface area contributed by atoms with Crippen molar-refractivity contribution in [2.24, 2.45) is 11.8 Å².